The van der Waals surface area contributed by atoms with E-state index in [1.165, 1.54) is 0 Å². The SMILES string of the molecule is C[C@@]1(CO)O[C@H]1CC[C@@H]1O[C@@]1(C)CO. The molecule has 0 aromatic heterocycles. The van der Waals surface area contributed by atoms with E-state index in [1.54, 1.807) is 0 Å². The predicted molar refractivity (Wildman–Crippen MR) is 50.0 cm³/mol. The van der Waals surface area contributed by atoms with Gasteiger partial charge in [-0.1, -0.05) is 0 Å². The fourth-order valence-electron chi connectivity index (χ4n) is 1.89. The Kier molecular flexibility index (Phi) is 2.34. The predicted octanol–water partition coefficient (Wildman–Crippen LogP) is 0.0662. The van der Waals surface area contributed by atoms with Crippen molar-refractivity contribution in [1.29, 1.82) is 0 Å². The van der Waals surface area contributed by atoms with Gasteiger partial charge in [-0.25, -0.2) is 0 Å². The van der Waals surface area contributed by atoms with Gasteiger partial charge < -0.3 is 19.7 Å². The lowest BCUT2D eigenvalue weighted by molar-refractivity contribution is 0.183. The molecule has 2 N–H and O–H groups in total. The van der Waals surface area contributed by atoms with Crippen molar-refractivity contribution in [1.82, 2.24) is 0 Å². The van der Waals surface area contributed by atoms with Crippen molar-refractivity contribution >= 4 is 0 Å². The zero-order valence-corrected chi connectivity index (χ0v) is 8.69. The first-order valence-corrected chi connectivity index (χ1v) is 5.11. The van der Waals surface area contributed by atoms with Crippen LogP contribution in [0.2, 0.25) is 0 Å². The van der Waals surface area contributed by atoms with Gasteiger partial charge in [0.1, 0.15) is 11.2 Å². The molecule has 4 nitrogen and oxygen atoms in total. The molecule has 2 fully saturated rings. The molecule has 4 heteroatoms. The Labute approximate surface area is 83.8 Å². The van der Waals surface area contributed by atoms with Crippen LogP contribution in [0.15, 0.2) is 0 Å². The van der Waals surface area contributed by atoms with Crippen LogP contribution in [-0.2, 0) is 9.47 Å². The summed E-state index contributed by atoms with van der Waals surface area (Å²) in [6.45, 7) is 3.99. The molecule has 0 amide bonds. The van der Waals surface area contributed by atoms with Crippen molar-refractivity contribution in [3.05, 3.63) is 0 Å². The molecular formula is C10H18O4. The highest BCUT2D eigenvalue weighted by Crippen LogP contribution is 2.44. The maximum atomic E-state index is 8.97. The van der Waals surface area contributed by atoms with Crippen LogP contribution in [0.4, 0.5) is 0 Å². The first-order chi connectivity index (χ1) is 6.54. The molecule has 0 saturated carbocycles. The van der Waals surface area contributed by atoms with E-state index in [0.717, 1.165) is 12.8 Å². The summed E-state index contributed by atoms with van der Waals surface area (Å²) >= 11 is 0. The van der Waals surface area contributed by atoms with Crippen LogP contribution in [0.25, 0.3) is 0 Å². The number of aliphatic hydroxyl groups is 2. The van der Waals surface area contributed by atoms with Gasteiger partial charge in [-0.3, -0.25) is 0 Å². The average Bonchev–Trinajstić information content (AvgIpc) is 3.02. The minimum Gasteiger partial charge on any atom is -0.393 e. The molecule has 0 radical (unpaired) electrons. The maximum absolute atomic E-state index is 8.97. The number of epoxide rings is 2. The Hall–Kier alpha value is -0.160. The van der Waals surface area contributed by atoms with Crippen LogP contribution < -0.4 is 0 Å². The van der Waals surface area contributed by atoms with E-state index in [1.807, 2.05) is 13.8 Å². The van der Waals surface area contributed by atoms with Crippen LogP contribution in [0, 0.1) is 0 Å². The second-order valence-electron chi connectivity index (χ2n) is 4.73. The van der Waals surface area contributed by atoms with Crippen molar-refractivity contribution in [3.8, 4) is 0 Å². The molecule has 0 aromatic carbocycles. The van der Waals surface area contributed by atoms with Gasteiger partial charge in [-0.15, -0.1) is 0 Å². The summed E-state index contributed by atoms with van der Waals surface area (Å²) in [7, 11) is 0. The summed E-state index contributed by atoms with van der Waals surface area (Å²) < 4.78 is 10.7. The van der Waals surface area contributed by atoms with Crippen LogP contribution in [0.1, 0.15) is 26.7 Å². The van der Waals surface area contributed by atoms with Gasteiger partial charge in [0.05, 0.1) is 25.4 Å². The van der Waals surface area contributed by atoms with Gasteiger partial charge in [0.25, 0.3) is 0 Å². The fraction of sp³-hybridized carbons (Fsp3) is 1.00. The number of hydrogen-bond acceptors (Lipinski definition) is 4. The lowest BCUT2D eigenvalue weighted by Crippen LogP contribution is -2.18. The average molecular weight is 202 g/mol. The minimum absolute atomic E-state index is 0.0838. The summed E-state index contributed by atoms with van der Waals surface area (Å²) in [5.74, 6) is 0. The zero-order chi connectivity index (χ0) is 10.4. The quantitative estimate of drug-likeness (QED) is 0.619. The highest BCUT2D eigenvalue weighted by molar-refractivity contribution is 5.03. The third-order valence-electron chi connectivity index (χ3n) is 3.39. The molecule has 2 heterocycles. The van der Waals surface area contributed by atoms with E-state index in [-0.39, 0.29) is 36.6 Å². The molecule has 4 atom stereocenters. The fourth-order valence-corrected chi connectivity index (χ4v) is 1.89. The van der Waals surface area contributed by atoms with Crippen molar-refractivity contribution < 1.29 is 19.7 Å². The van der Waals surface area contributed by atoms with Gasteiger partial charge in [0, 0.05) is 0 Å². The lowest BCUT2D eigenvalue weighted by atomic mass is 10.00. The molecule has 0 spiro atoms. The smallest absolute Gasteiger partial charge is 0.115 e. The van der Waals surface area contributed by atoms with Gasteiger partial charge in [-0.05, 0) is 26.7 Å². The molecule has 0 aromatic rings. The third-order valence-corrected chi connectivity index (χ3v) is 3.39. The minimum atomic E-state index is -0.315. The van der Waals surface area contributed by atoms with Crippen LogP contribution in [-0.4, -0.2) is 46.8 Å². The Bertz CT molecular complexity index is 208. The molecule has 2 aliphatic rings. The molecule has 2 saturated heterocycles. The number of ether oxygens (including phenoxy) is 2. The highest BCUT2D eigenvalue weighted by Gasteiger charge is 2.55. The second kappa shape index (κ2) is 3.17. The van der Waals surface area contributed by atoms with E-state index in [0.29, 0.717) is 0 Å². The van der Waals surface area contributed by atoms with Gasteiger partial charge in [-0.2, -0.15) is 0 Å². The molecule has 82 valence electrons. The maximum Gasteiger partial charge on any atom is 0.115 e. The van der Waals surface area contributed by atoms with E-state index >= 15 is 0 Å². The summed E-state index contributed by atoms with van der Waals surface area (Å²) in [4.78, 5) is 0. The van der Waals surface area contributed by atoms with Crippen LogP contribution >= 0.6 is 0 Å². The lowest BCUT2D eigenvalue weighted by Gasteiger charge is -2.01. The van der Waals surface area contributed by atoms with Crippen molar-refractivity contribution in [2.24, 2.45) is 0 Å². The van der Waals surface area contributed by atoms with Gasteiger partial charge >= 0.3 is 0 Å². The number of aliphatic hydroxyl groups excluding tert-OH is 2. The molecular weight excluding hydrogens is 184 g/mol. The molecule has 2 rings (SSSR count). The molecule has 2 aliphatic heterocycles. The zero-order valence-electron chi connectivity index (χ0n) is 8.69. The molecule has 0 aliphatic carbocycles. The highest BCUT2D eigenvalue weighted by atomic mass is 16.6. The van der Waals surface area contributed by atoms with Gasteiger partial charge in [0.15, 0.2) is 0 Å². The van der Waals surface area contributed by atoms with E-state index in [4.69, 9.17) is 19.7 Å². The van der Waals surface area contributed by atoms with Gasteiger partial charge in [0.2, 0.25) is 0 Å². The van der Waals surface area contributed by atoms with E-state index < -0.39 is 0 Å². The summed E-state index contributed by atoms with van der Waals surface area (Å²) in [6.07, 6.45) is 2.13. The topological polar surface area (TPSA) is 65.5 Å². The normalized spacial score (nSPS) is 50.6. The largest absolute Gasteiger partial charge is 0.393 e. The Morgan fingerprint density at radius 2 is 1.29 bits per heavy atom. The third kappa shape index (κ3) is 1.67. The van der Waals surface area contributed by atoms with E-state index in [9.17, 15) is 0 Å². The number of hydrogen-bond donors (Lipinski definition) is 2. The molecule has 14 heavy (non-hydrogen) atoms. The molecule has 0 bridgehead atoms. The van der Waals surface area contributed by atoms with Crippen molar-refractivity contribution in [2.75, 3.05) is 13.2 Å². The summed E-state index contributed by atoms with van der Waals surface area (Å²) in [5.41, 5.74) is -0.630. The number of rotatable bonds is 5. The van der Waals surface area contributed by atoms with E-state index in [2.05, 4.69) is 0 Å². The second-order valence-corrected chi connectivity index (χ2v) is 4.73. The standard InChI is InChI=1S/C10H18O4/c1-9(5-11)7(13-9)3-4-8-10(2,6-12)14-8/h7-8,11-12H,3-6H2,1-2H3/t7-,8-,9-,10-/m0/s1. The van der Waals surface area contributed by atoms with Crippen LogP contribution in [0.3, 0.4) is 0 Å². The van der Waals surface area contributed by atoms with Crippen LogP contribution in [0.5, 0.6) is 0 Å². The first kappa shape index (κ1) is 10.4. The Morgan fingerprint density at radius 1 is 0.929 bits per heavy atom. The Balaban J connectivity index is 1.67. The summed E-state index contributed by atoms with van der Waals surface area (Å²) in [5, 5.41) is 17.9. The Morgan fingerprint density at radius 3 is 1.50 bits per heavy atom. The van der Waals surface area contributed by atoms with Crippen molar-refractivity contribution in [2.45, 2.75) is 50.1 Å². The van der Waals surface area contributed by atoms with Crippen molar-refractivity contribution in [3.63, 3.8) is 0 Å². The first-order valence-electron chi connectivity index (χ1n) is 5.11. The summed E-state index contributed by atoms with van der Waals surface area (Å²) in [6, 6.07) is 0. The molecule has 0 unspecified atom stereocenters. The monoisotopic (exact) mass is 202 g/mol.